The van der Waals surface area contributed by atoms with Crippen LogP contribution in [-0.4, -0.2) is 21.5 Å². The molecule has 0 aliphatic carbocycles. The van der Waals surface area contributed by atoms with Crippen molar-refractivity contribution in [3.63, 3.8) is 0 Å². The molecule has 0 saturated heterocycles. The fourth-order valence-electron chi connectivity index (χ4n) is 4.04. The quantitative estimate of drug-likeness (QED) is 0.237. The number of anilines is 1. The van der Waals surface area contributed by atoms with Crippen LogP contribution in [0.5, 0.6) is 11.5 Å². The first-order valence-electron chi connectivity index (χ1n) is 10.4. The van der Waals surface area contributed by atoms with E-state index in [1.807, 2.05) is 96.7 Å². The summed E-state index contributed by atoms with van der Waals surface area (Å²) in [4.78, 5) is 8.55. The molecule has 6 rings (SSSR count). The summed E-state index contributed by atoms with van der Waals surface area (Å²) in [6.07, 6.45) is 5.78. The second-order valence-electron chi connectivity index (χ2n) is 7.63. The zero-order valence-corrected chi connectivity index (χ0v) is 20.0. The molecule has 5 nitrogen and oxygen atoms in total. The van der Waals surface area contributed by atoms with E-state index in [0.717, 1.165) is 33.3 Å². The maximum absolute atomic E-state index is 6.16. The average Bonchev–Trinajstić information content (AvgIpc) is 3.41. The largest absolute Gasteiger partial charge is 0.510 e. The molecule has 0 N–H and O–H groups in total. The smallest absolute Gasteiger partial charge is 0.126 e. The van der Waals surface area contributed by atoms with Crippen molar-refractivity contribution >= 4 is 27.5 Å². The van der Waals surface area contributed by atoms with Crippen LogP contribution in [0.15, 0.2) is 91.4 Å². The Balaban J connectivity index is 0.00000228. The summed E-state index contributed by atoms with van der Waals surface area (Å²) >= 11 is 0. The van der Waals surface area contributed by atoms with Gasteiger partial charge >= 0.3 is 0 Å². The van der Waals surface area contributed by atoms with Gasteiger partial charge in [0.15, 0.2) is 0 Å². The summed E-state index contributed by atoms with van der Waals surface area (Å²) in [5, 5.41) is 2.23. The molecule has 0 spiro atoms. The van der Waals surface area contributed by atoms with Gasteiger partial charge in [0.05, 0.1) is 0 Å². The third-order valence-electron chi connectivity index (χ3n) is 5.48. The van der Waals surface area contributed by atoms with Gasteiger partial charge in [-0.15, -0.1) is 42.1 Å². The number of ether oxygens (including phenoxy) is 1. The monoisotopic (exact) mass is 610 g/mol. The maximum atomic E-state index is 6.16. The van der Waals surface area contributed by atoms with Crippen LogP contribution in [0, 0.1) is 18.8 Å². The Bertz CT molecular complexity index is 1460. The number of hydrogen-bond acceptors (Lipinski definition) is 4. The van der Waals surface area contributed by atoms with E-state index in [-0.39, 0.29) is 21.1 Å². The van der Waals surface area contributed by atoms with Crippen LogP contribution < -0.4 is 9.64 Å². The molecule has 0 radical (unpaired) electrons. The van der Waals surface area contributed by atoms with E-state index in [1.165, 1.54) is 0 Å². The van der Waals surface area contributed by atoms with Gasteiger partial charge < -0.3 is 19.1 Å². The number of nitrogens with zero attached hydrogens (tertiary/aromatic N) is 4. The molecule has 2 aromatic heterocycles. The van der Waals surface area contributed by atoms with Crippen molar-refractivity contribution in [2.45, 2.75) is 0 Å². The Morgan fingerprint density at radius 2 is 1.76 bits per heavy atom. The van der Waals surface area contributed by atoms with Crippen molar-refractivity contribution in [1.29, 1.82) is 0 Å². The predicted octanol–water partition coefficient (Wildman–Crippen LogP) is 5.91. The van der Waals surface area contributed by atoms with Crippen molar-refractivity contribution in [2.75, 3.05) is 11.9 Å². The van der Waals surface area contributed by atoms with Crippen molar-refractivity contribution in [3.05, 3.63) is 110 Å². The van der Waals surface area contributed by atoms with Crippen LogP contribution in [0.25, 0.3) is 27.6 Å². The third-order valence-corrected chi connectivity index (χ3v) is 5.48. The molecular weight excluding hydrogens is 591 g/mol. The molecular formula is C27H19N4OPt-3. The van der Waals surface area contributed by atoms with Crippen LogP contribution in [-0.2, 0) is 21.1 Å². The molecule has 0 bridgehead atoms. The van der Waals surface area contributed by atoms with Gasteiger partial charge in [-0.2, -0.15) is 12.7 Å². The Labute approximate surface area is 206 Å². The van der Waals surface area contributed by atoms with E-state index in [0.29, 0.717) is 11.5 Å². The Hall–Kier alpha value is -3.56. The summed E-state index contributed by atoms with van der Waals surface area (Å²) in [5.74, 6) is 2.16. The van der Waals surface area contributed by atoms with E-state index >= 15 is 0 Å². The number of fused-ring (bicyclic) bond motifs is 3. The molecule has 3 heterocycles. The van der Waals surface area contributed by atoms with Crippen molar-refractivity contribution < 1.29 is 25.8 Å². The van der Waals surface area contributed by atoms with E-state index in [2.05, 4.69) is 39.9 Å². The van der Waals surface area contributed by atoms with Crippen molar-refractivity contribution in [3.8, 4) is 17.3 Å². The normalized spacial score (nSPS) is 13.0. The fraction of sp³-hybridized carbons (Fsp3) is 0.0370. The molecule has 3 aromatic carbocycles. The Morgan fingerprint density at radius 1 is 0.879 bits per heavy atom. The molecule has 1 aliphatic rings. The predicted molar refractivity (Wildman–Crippen MR) is 126 cm³/mol. The minimum absolute atomic E-state index is 0. The first-order chi connectivity index (χ1) is 15.8. The van der Waals surface area contributed by atoms with E-state index in [9.17, 15) is 0 Å². The van der Waals surface area contributed by atoms with Gasteiger partial charge in [0.25, 0.3) is 0 Å². The molecule has 0 saturated carbocycles. The van der Waals surface area contributed by atoms with Gasteiger partial charge in [-0.05, 0) is 43.0 Å². The summed E-state index contributed by atoms with van der Waals surface area (Å²) < 4.78 is 8.32. The summed E-state index contributed by atoms with van der Waals surface area (Å²) in [5.41, 5.74) is 3.05. The van der Waals surface area contributed by atoms with Crippen LogP contribution in [0.4, 0.5) is 5.69 Å². The summed E-state index contributed by atoms with van der Waals surface area (Å²) in [6, 6.07) is 30.8. The first-order valence-corrected chi connectivity index (χ1v) is 10.4. The van der Waals surface area contributed by atoms with Gasteiger partial charge in [0.2, 0.25) is 0 Å². The fourth-order valence-corrected chi connectivity index (χ4v) is 4.04. The Morgan fingerprint density at radius 3 is 2.58 bits per heavy atom. The van der Waals surface area contributed by atoms with Gasteiger partial charge in [0.1, 0.15) is 5.82 Å². The van der Waals surface area contributed by atoms with E-state index < -0.39 is 0 Å². The van der Waals surface area contributed by atoms with Gasteiger partial charge in [-0.3, -0.25) is 0 Å². The second kappa shape index (κ2) is 8.76. The number of para-hydroxylation sites is 1. The van der Waals surface area contributed by atoms with Gasteiger partial charge in [0, 0.05) is 44.3 Å². The maximum Gasteiger partial charge on any atom is 0.126 e. The van der Waals surface area contributed by atoms with Crippen molar-refractivity contribution in [2.24, 2.45) is 0 Å². The molecule has 0 atom stereocenters. The molecule has 0 fully saturated rings. The molecule has 0 unspecified atom stereocenters. The topological polar surface area (TPSA) is 33.5 Å². The minimum Gasteiger partial charge on any atom is -0.510 e. The number of hydrogen-bond donors (Lipinski definition) is 0. The summed E-state index contributed by atoms with van der Waals surface area (Å²) in [7, 11) is 1.99. The zero-order chi connectivity index (χ0) is 21.5. The number of rotatable bonds is 4. The number of aromatic nitrogens is 2. The number of benzene rings is 3. The second-order valence-corrected chi connectivity index (χ2v) is 7.63. The number of pyridine rings is 1. The zero-order valence-electron chi connectivity index (χ0n) is 17.8. The van der Waals surface area contributed by atoms with Crippen LogP contribution in [0.1, 0.15) is 0 Å². The van der Waals surface area contributed by atoms with E-state index in [1.54, 1.807) is 0 Å². The molecule has 33 heavy (non-hydrogen) atoms. The van der Waals surface area contributed by atoms with Crippen molar-refractivity contribution in [1.82, 2.24) is 14.5 Å². The minimum atomic E-state index is 0. The van der Waals surface area contributed by atoms with Gasteiger partial charge in [-0.25, -0.2) is 4.98 Å². The van der Waals surface area contributed by atoms with E-state index in [4.69, 9.17) is 4.74 Å². The SMILES string of the molecule is CN1C=CN(c2[c-]c(Oc3[c-]cc4c(c3)c3ccccc3n4-c3ccccn3)ccc2)[CH-]1.[Pt]. The molecule has 5 aromatic rings. The molecule has 1 aliphatic heterocycles. The molecule has 0 amide bonds. The van der Waals surface area contributed by atoms with Crippen LogP contribution in [0.2, 0.25) is 0 Å². The molecule has 6 heteroatoms. The third kappa shape index (κ3) is 3.90. The molecule has 166 valence electrons. The van der Waals surface area contributed by atoms with Gasteiger partial charge in [-0.1, -0.05) is 35.2 Å². The standard InChI is InChI=1S/C27H19N4O.Pt/c1-29-15-16-30(19-29)20-7-6-8-21(17-20)32-22-12-13-26-24(18-22)23-9-2-3-10-25(23)31(26)27-11-4-5-14-28-27;/h2-11,13-16,18-19H,1H3;/q-3;. The Kier molecular flexibility index (Phi) is 5.65. The summed E-state index contributed by atoms with van der Waals surface area (Å²) in [6.45, 7) is 1.99. The van der Waals surface area contributed by atoms with Crippen LogP contribution in [0.3, 0.4) is 0 Å². The van der Waals surface area contributed by atoms with Crippen LogP contribution >= 0.6 is 0 Å². The first kappa shape index (κ1) is 21.3. The average molecular weight is 611 g/mol.